The number of nitrogens with zero attached hydrogens (tertiary/aromatic N) is 2. The summed E-state index contributed by atoms with van der Waals surface area (Å²) in [6.45, 7) is 3.79. The molecule has 1 aromatic heterocycles. The van der Waals surface area contributed by atoms with Gasteiger partial charge in [0.25, 0.3) is 0 Å². The third-order valence-electron chi connectivity index (χ3n) is 2.67. The Morgan fingerprint density at radius 1 is 1.58 bits per heavy atom. The second kappa shape index (κ2) is 5.58. The summed E-state index contributed by atoms with van der Waals surface area (Å²) in [6.07, 6.45) is -0.926. The molecule has 2 N–H and O–H groups in total. The molecule has 2 rings (SSSR count). The topological polar surface area (TPSA) is 70.9 Å². The Kier molecular flexibility index (Phi) is 4.06. The minimum Gasteiger partial charge on any atom is -0.389 e. The molecular formula is C12H14FN3O2S. The molecule has 0 aliphatic carbocycles. The summed E-state index contributed by atoms with van der Waals surface area (Å²) in [6, 6.07) is 4.54. The lowest BCUT2D eigenvalue weighted by atomic mass is 10.1. The second-order valence-electron chi connectivity index (χ2n) is 3.99. The van der Waals surface area contributed by atoms with Crippen molar-refractivity contribution in [3.8, 4) is 0 Å². The predicted molar refractivity (Wildman–Crippen MR) is 69.7 cm³/mol. The zero-order valence-electron chi connectivity index (χ0n) is 10.6. The first kappa shape index (κ1) is 13.8. The Balaban J connectivity index is 2.44. The summed E-state index contributed by atoms with van der Waals surface area (Å²) < 4.78 is 15.2. The van der Waals surface area contributed by atoms with Gasteiger partial charge < -0.3 is 5.11 Å². The number of aliphatic hydroxyl groups is 1. The first-order chi connectivity index (χ1) is 9.04. The molecule has 1 atom stereocenters. The van der Waals surface area contributed by atoms with Crippen LogP contribution in [0.2, 0.25) is 0 Å². The van der Waals surface area contributed by atoms with Crippen LogP contribution in [0.15, 0.2) is 33.0 Å². The molecule has 0 aliphatic heterocycles. The van der Waals surface area contributed by atoms with Gasteiger partial charge in [-0.1, -0.05) is 6.07 Å². The highest BCUT2D eigenvalue weighted by atomic mass is 32.2. The van der Waals surface area contributed by atoms with Crippen molar-refractivity contribution in [2.75, 3.05) is 0 Å². The van der Waals surface area contributed by atoms with E-state index in [2.05, 4.69) is 10.2 Å². The van der Waals surface area contributed by atoms with Gasteiger partial charge in [0.2, 0.25) is 0 Å². The molecule has 0 aliphatic rings. The number of H-pyrrole nitrogens is 1. The van der Waals surface area contributed by atoms with Gasteiger partial charge in [0, 0.05) is 17.0 Å². The SMILES string of the molecule is CCn1c(Sc2cccc(F)c2[C@H](C)O)n[nH]c1=O. The van der Waals surface area contributed by atoms with E-state index in [9.17, 15) is 14.3 Å². The lowest BCUT2D eigenvalue weighted by Crippen LogP contribution is -2.16. The fraction of sp³-hybridized carbons (Fsp3) is 0.333. The maximum absolute atomic E-state index is 13.7. The standard InChI is InChI=1S/C12H14FN3O2S/c1-3-16-11(18)14-15-12(16)19-9-6-4-5-8(13)10(9)7(2)17/h4-7,17H,3H2,1-2H3,(H,14,18)/t7-/m0/s1. The minimum atomic E-state index is -0.926. The lowest BCUT2D eigenvalue weighted by Gasteiger charge is -2.12. The van der Waals surface area contributed by atoms with Gasteiger partial charge in [-0.2, -0.15) is 0 Å². The molecule has 0 radical (unpaired) electrons. The highest BCUT2D eigenvalue weighted by molar-refractivity contribution is 7.99. The van der Waals surface area contributed by atoms with Crippen molar-refractivity contribution in [3.05, 3.63) is 40.1 Å². The van der Waals surface area contributed by atoms with Crippen LogP contribution in [0.1, 0.15) is 25.5 Å². The summed E-state index contributed by atoms with van der Waals surface area (Å²) >= 11 is 1.15. The molecule has 102 valence electrons. The molecule has 0 spiro atoms. The fourth-order valence-electron chi connectivity index (χ4n) is 1.77. The van der Waals surface area contributed by atoms with Gasteiger partial charge in [0.1, 0.15) is 5.82 Å². The van der Waals surface area contributed by atoms with Crippen LogP contribution in [0.5, 0.6) is 0 Å². The van der Waals surface area contributed by atoms with Crippen molar-refractivity contribution in [1.29, 1.82) is 0 Å². The highest BCUT2D eigenvalue weighted by Crippen LogP contribution is 2.33. The quantitative estimate of drug-likeness (QED) is 0.899. The van der Waals surface area contributed by atoms with Crippen molar-refractivity contribution >= 4 is 11.8 Å². The summed E-state index contributed by atoms with van der Waals surface area (Å²) in [5.74, 6) is -0.471. The molecule has 0 unspecified atom stereocenters. The molecule has 0 amide bonds. The first-order valence-corrected chi connectivity index (χ1v) is 6.65. The fourth-order valence-corrected chi connectivity index (χ4v) is 2.90. The number of benzene rings is 1. The zero-order valence-corrected chi connectivity index (χ0v) is 11.4. The summed E-state index contributed by atoms with van der Waals surface area (Å²) in [5, 5.41) is 16.3. The van der Waals surface area contributed by atoms with E-state index < -0.39 is 11.9 Å². The Bertz CT molecular complexity index is 636. The smallest absolute Gasteiger partial charge is 0.343 e. The largest absolute Gasteiger partial charge is 0.389 e. The van der Waals surface area contributed by atoms with Crippen LogP contribution in [0, 0.1) is 5.82 Å². The zero-order chi connectivity index (χ0) is 14.0. The van der Waals surface area contributed by atoms with E-state index in [4.69, 9.17) is 0 Å². The molecule has 0 bridgehead atoms. The molecular weight excluding hydrogens is 269 g/mol. The lowest BCUT2D eigenvalue weighted by molar-refractivity contribution is 0.191. The van der Waals surface area contributed by atoms with E-state index in [1.165, 1.54) is 17.6 Å². The van der Waals surface area contributed by atoms with E-state index in [0.717, 1.165) is 11.8 Å². The molecule has 7 heteroatoms. The molecule has 1 heterocycles. The summed E-state index contributed by atoms with van der Waals surface area (Å²) in [4.78, 5) is 12.0. The van der Waals surface area contributed by atoms with Crippen molar-refractivity contribution in [1.82, 2.24) is 14.8 Å². The average molecular weight is 283 g/mol. The molecule has 5 nitrogen and oxygen atoms in total. The van der Waals surface area contributed by atoms with E-state index in [0.29, 0.717) is 16.6 Å². The van der Waals surface area contributed by atoms with Crippen LogP contribution < -0.4 is 5.69 Å². The third kappa shape index (κ3) is 2.71. The predicted octanol–water partition coefficient (Wildman–Crippen LogP) is 1.93. The van der Waals surface area contributed by atoms with Crippen LogP contribution in [-0.4, -0.2) is 19.9 Å². The van der Waals surface area contributed by atoms with Gasteiger partial charge in [-0.05, 0) is 37.7 Å². The molecule has 1 aromatic carbocycles. The Morgan fingerprint density at radius 3 is 2.95 bits per heavy atom. The first-order valence-electron chi connectivity index (χ1n) is 5.84. The molecule has 0 saturated carbocycles. The molecule has 2 aromatic rings. The van der Waals surface area contributed by atoms with E-state index in [1.54, 1.807) is 12.1 Å². The molecule has 0 fully saturated rings. The highest BCUT2D eigenvalue weighted by Gasteiger charge is 2.17. The Labute approximate surface area is 113 Å². The van der Waals surface area contributed by atoms with Crippen LogP contribution >= 0.6 is 11.8 Å². The number of halogens is 1. The van der Waals surface area contributed by atoms with Gasteiger partial charge >= 0.3 is 5.69 Å². The monoisotopic (exact) mass is 283 g/mol. The summed E-state index contributed by atoms with van der Waals surface area (Å²) in [7, 11) is 0. The number of hydrogen-bond acceptors (Lipinski definition) is 4. The summed E-state index contributed by atoms with van der Waals surface area (Å²) in [5.41, 5.74) is -0.0920. The van der Waals surface area contributed by atoms with Crippen molar-refractivity contribution in [3.63, 3.8) is 0 Å². The third-order valence-corrected chi connectivity index (χ3v) is 3.74. The van der Waals surface area contributed by atoms with Gasteiger partial charge in [-0.15, -0.1) is 5.10 Å². The number of hydrogen-bond donors (Lipinski definition) is 2. The molecule has 0 saturated heterocycles. The second-order valence-corrected chi connectivity index (χ2v) is 4.99. The van der Waals surface area contributed by atoms with Gasteiger partial charge in [-0.3, -0.25) is 4.57 Å². The van der Waals surface area contributed by atoms with Crippen LogP contribution in [-0.2, 0) is 6.54 Å². The minimum absolute atomic E-state index is 0.214. The maximum Gasteiger partial charge on any atom is 0.343 e. The van der Waals surface area contributed by atoms with E-state index >= 15 is 0 Å². The van der Waals surface area contributed by atoms with Crippen molar-refractivity contribution in [2.24, 2.45) is 0 Å². The van der Waals surface area contributed by atoms with Crippen molar-refractivity contribution in [2.45, 2.75) is 36.5 Å². The van der Waals surface area contributed by atoms with E-state index in [1.807, 2.05) is 6.92 Å². The van der Waals surface area contributed by atoms with E-state index in [-0.39, 0.29) is 11.3 Å². The van der Waals surface area contributed by atoms with Gasteiger partial charge in [0.05, 0.1) is 6.10 Å². The van der Waals surface area contributed by atoms with Gasteiger partial charge in [-0.25, -0.2) is 14.3 Å². The number of aliphatic hydroxyl groups excluding tert-OH is 1. The number of nitrogens with one attached hydrogen (secondary N) is 1. The number of rotatable bonds is 4. The number of aromatic nitrogens is 3. The Morgan fingerprint density at radius 2 is 2.32 bits per heavy atom. The van der Waals surface area contributed by atoms with Gasteiger partial charge in [0.15, 0.2) is 5.16 Å². The van der Waals surface area contributed by atoms with Crippen LogP contribution in [0.3, 0.4) is 0 Å². The van der Waals surface area contributed by atoms with Crippen LogP contribution in [0.25, 0.3) is 0 Å². The Hall–Kier alpha value is -1.60. The van der Waals surface area contributed by atoms with Crippen molar-refractivity contribution < 1.29 is 9.50 Å². The average Bonchev–Trinajstić information content (AvgIpc) is 2.69. The molecule has 19 heavy (non-hydrogen) atoms. The van der Waals surface area contributed by atoms with Crippen LogP contribution in [0.4, 0.5) is 4.39 Å². The normalized spacial score (nSPS) is 12.6. The number of aromatic amines is 1. The maximum atomic E-state index is 13.7.